The molecule has 0 radical (unpaired) electrons. The number of ether oxygens (including phenoxy) is 1. The monoisotopic (exact) mass is 250 g/mol. The molecule has 0 spiro atoms. The zero-order valence-corrected chi connectivity index (χ0v) is 9.47. The Bertz CT molecular complexity index is 670. The number of hydrogen-bond donors (Lipinski definition) is 2. The fourth-order valence-corrected chi connectivity index (χ4v) is 1.56. The average Bonchev–Trinajstić information content (AvgIpc) is 2.31. The van der Waals surface area contributed by atoms with Gasteiger partial charge in [0, 0.05) is 0 Å². The lowest BCUT2D eigenvalue weighted by molar-refractivity contribution is 0.0518. The van der Waals surface area contributed by atoms with E-state index in [0.29, 0.717) is 0 Å². The van der Waals surface area contributed by atoms with Gasteiger partial charge in [-0.15, -0.1) is 0 Å². The molecule has 0 fully saturated rings. The highest BCUT2D eigenvalue weighted by Crippen LogP contribution is 2.29. The molecule has 6 heteroatoms. The van der Waals surface area contributed by atoms with E-state index in [1.807, 2.05) is 0 Å². The topological polar surface area (TPSA) is 97.0 Å². The summed E-state index contributed by atoms with van der Waals surface area (Å²) in [5, 5.41) is 19.3. The summed E-state index contributed by atoms with van der Waals surface area (Å²) in [6.45, 7) is 1.64. The van der Waals surface area contributed by atoms with E-state index < -0.39 is 22.9 Å². The number of aromatic hydroxyl groups is 2. The van der Waals surface area contributed by atoms with E-state index in [2.05, 4.69) is 4.74 Å². The first-order valence-corrected chi connectivity index (χ1v) is 5.20. The third kappa shape index (κ3) is 1.88. The molecule has 0 saturated carbocycles. The number of phenols is 1. The molecule has 1 heterocycles. The van der Waals surface area contributed by atoms with Gasteiger partial charge in [-0.1, -0.05) is 0 Å². The van der Waals surface area contributed by atoms with E-state index >= 15 is 0 Å². The Kier molecular flexibility index (Phi) is 2.93. The number of fused-ring (bicyclic) bond motifs is 1. The fourth-order valence-electron chi connectivity index (χ4n) is 1.56. The average molecular weight is 250 g/mol. The lowest BCUT2D eigenvalue weighted by atomic mass is 10.1. The normalized spacial score (nSPS) is 10.5. The Morgan fingerprint density at radius 1 is 1.39 bits per heavy atom. The van der Waals surface area contributed by atoms with Crippen LogP contribution in [0.15, 0.2) is 27.4 Å². The van der Waals surface area contributed by atoms with Crippen molar-refractivity contribution < 1.29 is 24.2 Å². The molecular weight excluding hydrogens is 240 g/mol. The van der Waals surface area contributed by atoms with Gasteiger partial charge in [-0.05, 0) is 25.1 Å². The third-order valence-corrected chi connectivity index (χ3v) is 2.34. The number of hydrogen-bond acceptors (Lipinski definition) is 6. The summed E-state index contributed by atoms with van der Waals surface area (Å²) in [5.74, 6) is -1.65. The lowest BCUT2D eigenvalue weighted by Crippen LogP contribution is -2.16. The van der Waals surface area contributed by atoms with Crippen LogP contribution in [0.4, 0.5) is 0 Å². The van der Waals surface area contributed by atoms with Crippen LogP contribution in [0.3, 0.4) is 0 Å². The van der Waals surface area contributed by atoms with Crippen molar-refractivity contribution >= 4 is 16.9 Å². The summed E-state index contributed by atoms with van der Waals surface area (Å²) in [7, 11) is 0. The minimum absolute atomic E-state index is 0.0653. The fraction of sp³-hybridized carbons (Fsp3) is 0.167. The van der Waals surface area contributed by atoms with Crippen LogP contribution in [0.25, 0.3) is 11.0 Å². The molecule has 0 unspecified atom stereocenters. The first-order valence-electron chi connectivity index (χ1n) is 5.20. The van der Waals surface area contributed by atoms with Crippen LogP contribution in [0.5, 0.6) is 11.5 Å². The molecule has 6 nitrogen and oxygen atoms in total. The second-order valence-electron chi connectivity index (χ2n) is 3.51. The largest absolute Gasteiger partial charge is 0.508 e. The van der Waals surface area contributed by atoms with E-state index in [9.17, 15) is 19.8 Å². The SMILES string of the molecule is CCOC(=O)c1c(O)c2cc(O)ccc2oc1=O. The molecule has 2 rings (SSSR count). The second-order valence-corrected chi connectivity index (χ2v) is 3.51. The number of carbonyl (C=O) groups excluding carboxylic acids is 1. The lowest BCUT2D eigenvalue weighted by Gasteiger charge is -2.05. The molecule has 0 bridgehead atoms. The van der Waals surface area contributed by atoms with Crippen LogP contribution < -0.4 is 5.63 Å². The van der Waals surface area contributed by atoms with Crippen molar-refractivity contribution in [2.24, 2.45) is 0 Å². The maximum Gasteiger partial charge on any atom is 0.354 e. The summed E-state index contributed by atoms with van der Waals surface area (Å²) in [6.07, 6.45) is 0. The van der Waals surface area contributed by atoms with Crippen molar-refractivity contribution in [2.75, 3.05) is 6.61 Å². The van der Waals surface area contributed by atoms with Gasteiger partial charge >= 0.3 is 11.6 Å². The van der Waals surface area contributed by atoms with Crippen LogP contribution in [0, 0.1) is 0 Å². The van der Waals surface area contributed by atoms with Crippen LogP contribution in [0.2, 0.25) is 0 Å². The summed E-state index contributed by atoms with van der Waals surface area (Å²) >= 11 is 0. The molecule has 0 atom stereocenters. The quantitative estimate of drug-likeness (QED) is 0.617. The second kappa shape index (κ2) is 4.40. The molecule has 0 aliphatic carbocycles. The molecule has 0 amide bonds. The van der Waals surface area contributed by atoms with Crippen molar-refractivity contribution in [3.05, 3.63) is 34.2 Å². The molecule has 2 aromatic rings. The van der Waals surface area contributed by atoms with Crippen LogP contribution in [-0.2, 0) is 4.74 Å². The molecule has 0 aliphatic heterocycles. The number of benzene rings is 1. The van der Waals surface area contributed by atoms with Gasteiger partial charge in [0.05, 0.1) is 12.0 Å². The highest BCUT2D eigenvalue weighted by atomic mass is 16.5. The van der Waals surface area contributed by atoms with Crippen LogP contribution in [0.1, 0.15) is 17.3 Å². The van der Waals surface area contributed by atoms with Gasteiger partial charge in [0.1, 0.15) is 17.1 Å². The molecule has 1 aromatic carbocycles. The van der Waals surface area contributed by atoms with Crippen molar-refractivity contribution in [2.45, 2.75) is 6.92 Å². The van der Waals surface area contributed by atoms with E-state index in [-0.39, 0.29) is 23.3 Å². The van der Waals surface area contributed by atoms with Gasteiger partial charge in [0.15, 0.2) is 5.56 Å². The van der Waals surface area contributed by atoms with E-state index in [1.54, 1.807) is 6.92 Å². The Morgan fingerprint density at radius 2 is 2.11 bits per heavy atom. The van der Waals surface area contributed by atoms with Crippen molar-refractivity contribution in [3.8, 4) is 11.5 Å². The number of carbonyl (C=O) groups is 1. The first-order chi connectivity index (χ1) is 8.54. The minimum Gasteiger partial charge on any atom is -0.508 e. The summed E-state index contributed by atoms with van der Waals surface area (Å²) in [5.41, 5.74) is -1.48. The van der Waals surface area contributed by atoms with Gasteiger partial charge in [0.25, 0.3) is 0 Å². The highest BCUT2D eigenvalue weighted by Gasteiger charge is 2.22. The smallest absolute Gasteiger partial charge is 0.354 e. The van der Waals surface area contributed by atoms with E-state index in [4.69, 9.17) is 4.42 Å². The van der Waals surface area contributed by atoms with Gasteiger partial charge in [-0.3, -0.25) is 0 Å². The van der Waals surface area contributed by atoms with E-state index in [1.165, 1.54) is 18.2 Å². The summed E-state index contributed by atoms with van der Waals surface area (Å²) < 4.78 is 9.52. The highest BCUT2D eigenvalue weighted by molar-refractivity contribution is 5.98. The predicted octanol–water partition coefficient (Wildman–Crippen LogP) is 1.38. The van der Waals surface area contributed by atoms with Gasteiger partial charge in [-0.25, -0.2) is 9.59 Å². The Labute approximate surface area is 101 Å². The summed E-state index contributed by atoms with van der Waals surface area (Å²) in [6, 6.07) is 3.81. The zero-order chi connectivity index (χ0) is 13.3. The molecule has 18 heavy (non-hydrogen) atoms. The van der Waals surface area contributed by atoms with Gasteiger partial charge < -0.3 is 19.4 Å². The molecule has 94 valence electrons. The Balaban J connectivity index is 2.75. The molecule has 0 saturated heterocycles. The van der Waals surface area contributed by atoms with Crippen molar-refractivity contribution in [1.29, 1.82) is 0 Å². The van der Waals surface area contributed by atoms with Gasteiger partial charge in [0.2, 0.25) is 0 Å². The van der Waals surface area contributed by atoms with Gasteiger partial charge in [-0.2, -0.15) is 0 Å². The van der Waals surface area contributed by atoms with Crippen molar-refractivity contribution in [1.82, 2.24) is 0 Å². The molecule has 1 aromatic heterocycles. The Morgan fingerprint density at radius 3 is 2.78 bits per heavy atom. The maximum atomic E-state index is 11.6. The zero-order valence-electron chi connectivity index (χ0n) is 9.47. The summed E-state index contributed by atoms with van der Waals surface area (Å²) in [4.78, 5) is 23.1. The third-order valence-electron chi connectivity index (χ3n) is 2.34. The van der Waals surface area contributed by atoms with Crippen LogP contribution in [-0.4, -0.2) is 22.8 Å². The minimum atomic E-state index is -0.982. The predicted molar refractivity (Wildman–Crippen MR) is 61.8 cm³/mol. The Hall–Kier alpha value is -2.50. The van der Waals surface area contributed by atoms with Crippen LogP contribution >= 0.6 is 0 Å². The number of esters is 1. The van der Waals surface area contributed by atoms with Crippen molar-refractivity contribution in [3.63, 3.8) is 0 Å². The molecule has 2 N–H and O–H groups in total. The number of phenolic OH excluding ortho intramolecular Hbond substituents is 1. The molecular formula is C12H10O6. The standard InChI is InChI=1S/C12H10O6/c1-2-17-11(15)9-10(14)7-5-6(13)3-4-8(7)18-12(9)16/h3-5,13-14H,2H2,1H3. The maximum absolute atomic E-state index is 11.6. The molecule has 0 aliphatic rings. The first kappa shape index (κ1) is 12.0. The number of rotatable bonds is 2. The van der Waals surface area contributed by atoms with E-state index in [0.717, 1.165) is 0 Å².